The van der Waals surface area contributed by atoms with Crippen molar-refractivity contribution in [3.63, 3.8) is 0 Å². The molecule has 1 heterocycles. The lowest BCUT2D eigenvalue weighted by Gasteiger charge is -2.24. The van der Waals surface area contributed by atoms with Crippen LogP contribution in [0, 0.1) is 17.8 Å². The number of esters is 1. The normalized spacial score (nSPS) is 23.3. The van der Waals surface area contributed by atoms with Gasteiger partial charge in [0.05, 0.1) is 24.0 Å². The van der Waals surface area contributed by atoms with Crippen molar-refractivity contribution in [2.24, 2.45) is 17.8 Å². The maximum absolute atomic E-state index is 13.0. The third-order valence-electron chi connectivity index (χ3n) is 5.91. The number of anilines is 1. The molecule has 6 nitrogen and oxygen atoms in total. The molecule has 3 atom stereocenters. The molecular formula is C22H29NO5S. The monoisotopic (exact) mass is 419 g/mol. The maximum atomic E-state index is 13.0. The molecule has 3 rings (SSSR count). The Kier molecular flexibility index (Phi) is 7.11. The molecule has 0 saturated heterocycles. The number of carbonyl (C=O) groups excluding carboxylic acids is 2. The molecule has 0 fully saturated rings. The molecular weight excluding hydrogens is 390 g/mol. The Morgan fingerprint density at radius 3 is 2.59 bits per heavy atom. The highest BCUT2D eigenvalue weighted by Crippen LogP contribution is 2.41. The van der Waals surface area contributed by atoms with Crippen molar-refractivity contribution in [3.05, 3.63) is 28.2 Å². The van der Waals surface area contributed by atoms with E-state index in [0.29, 0.717) is 35.9 Å². The van der Waals surface area contributed by atoms with Crippen LogP contribution in [0.25, 0.3) is 0 Å². The van der Waals surface area contributed by atoms with Gasteiger partial charge in [0.2, 0.25) is 5.91 Å². The average Bonchev–Trinajstić information content (AvgIpc) is 3.08. The summed E-state index contributed by atoms with van der Waals surface area (Å²) >= 11 is 1.45. The van der Waals surface area contributed by atoms with Crippen molar-refractivity contribution in [3.8, 4) is 0 Å². The predicted octanol–water partition coefficient (Wildman–Crippen LogP) is 4.44. The molecule has 2 N–H and O–H groups in total. The zero-order valence-corrected chi connectivity index (χ0v) is 17.8. The Morgan fingerprint density at radius 2 is 1.93 bits per heavy atom. The van der Waals surface area contributed by atoms with Gasteiger partial charge in [-0.3, -0.25) is 9.59 Å². The number of nitrogens with one attached hydrogen (secondary N) is 1. The van der Waals surface area contributed by atoms with E-state index in [9.17, 15) is 19.5 Å². The van der Waals surface area contributed by atoms with Gasteiger partial charge < -0.3 is 15.2 Å². The summed E-state index contributed by atoms with van der Waals surface area (Å²) in [6.45, 7) is 4.45. The van der Waals surface area contributed by atoms with Crippen molar-refractivity contribution in [2.45, 2.75) is 58.8 Å². The number of carboxylic acids is 1. The lowest BCUT2D eigenvalue weighted by molar-refractivity contribution is -0.146. The van der Waals surface area contributed by atoms with Crippen LogP contribution in [0.15, 0.2) is 12.2 Å². The van der Waals surface area contributed by atoms with Crippen LogP contribution in [0.5, 0.6) is 0 Å². The number of rotatable bonds is 7. The number of aliphatic carboxylic acids is 1. The zero-order valence-electron chi connectivity index (χ0n) is 17.0. The lowest BCUT2D eigenvalue weighted by Crippen LogP contribution is -2.34. The second-order valence-electron chi connectivity index (χ2n) is 7.84. The molecule has 7 heteroatoms. The second-order valence-corrected chi connectivity index (χ2v) is 8.95. The van der Waals surface area contributed by atoms with Crippen LogP contribution < -0.4 is 5.32 Å². The van der Waals surface area contributed by atoms with E-state index in [1.807, 2.05) is 19.1 Å². The topological polar surface area (TPSA) is 92.7 Å². The van der Waals surface area contributed by atoms with E-state index in [-0.39, 0.29) is 5.91 Å². The van der Waals surface area contributed by atoms with Crippen molar-refractivity contribution in [1.29, 1.82) is 0 Å². The van der Waals surface area contributed by atoms with Gasteiger partial charge in [-0.1, -0.05) is 32.4 Å². The average molecular weight is 420 g/mol. The fourth-order valence-electron chi connectivity index (χ4n) is 4.16. The molecule has 1 aromatic heterocycles. The summed E-state index contributed by atoms with van der Waals surface area (Å²) in [6.07, 6.45) is 8.95. The predicted molar refractivity (Wildman–Crippen MR) is 112 cm³/mol. The first kappa shape index (κ1) is 21.6. The Morgan fingerprint density at radius 1 is 1.21 bits per heavy atom. The van der Waals surface area contributed by atoms with Crippen LogP contribution in [0.2, 0.25) is 0 Å². The van der Waals surface area contributed by atoms with Crippen LogP contribution in [-0.4, -0.2) is 29.6 Å². The lowest BCUT2D eigenvalue weighted by atomic mass is 9.82. The summed E-state index contributed by atoms with van der Waals surface area (Å²) in [7, 11) is 0. The van der Waals surface area contributed by atoms with E-state index in [0.717, 1.165) is 42.5 Å². The molecule has 0 bridgehead atoms. The fraction of sp³-hybridized carbons (Fsp3) is 0.591. The summed E-state index contributed by atoms with van der Waals surface area (Å²) in [4.78, 5) is 38.4. The minimum atomic E-state index is -0.964. The summed E-state index contributed by atoms with van der Waals surface area (Å²) < 4.78 is 5.39. The third kappa shape index (κ3) is 4.71. The van der Waals surface area contributed by atoms with E-state index >= 15 is 0 Å². The van der Waals surface area contributed by atoms with E-state index in [2.05, 4.69) is 12.2 Å². The number of amides is 1. The van der Waals surface area contributed by atoms with Gasteiger partial charge in [-0.2, -0.15) is 0 Å². The molecule has 0 unspecified atom stereocenters. The Hall–Kier alpha value is -2.15. The molecule has 2 aliphatic carbocycles. The summed E-state index contributed by atoms with van der Waals surface area (Å²) in [5.41, 5.74) is 1.47. The number of carboxylic acid groups (broad SMARTS) is 1. The molecule has 1 amide bonds. The Balaban J connectivity index is 1.88. The second kappa shape index (κ2) is 9.57. The molecule has 29 heavy (non-hydrogen) atoms. The van der Waals surface area contributed by atoms with Crippen LogP contribution >= 0.6 is 11.3 Å². The molecule has 0 radical (unpaired) electrons. The SMILES string of the molecule is CCCOC(=O)c1c(NC(=O)[C@H]2CC=CC[C@H]2C(=O)O)sc2c1CC[C@@H](CC)C2. The van der Waals surface area contributed by atoms with Crippen LogP contribution in [0.3, 0.4) is 0 Å². The first-order chi connectivity index (χ1) is 14.0. The minimum Gasteiger partial charge on any atom is -0.481 e. The summed E-state index contributed by atoms with van der Waals surface area (Å²) in [5.74, 6) is -2.49. The molecule has 1 aromatic rings. The highest BCUT2D eigenvalue weighted by molar-refractivity contribution is 7.17. The third-order valence-corrected chi connectivity index (χ3v) is 7.08. The van der Waals surface area contributed by atoms with Gasteiger partial charge >= 0.3 is 11.9 Å². The fourth-order valence-corrected chi connectivity index (χ4v) is 5.51. The van der Waals surface area contributed by atoms with Crippen LogP contribution in [-0.2, 0) is 27.2 Å². The molecule has 0 spiro atoms. The van der Waals surface area contributed by atoms with E-state index in [1.54, 1.807) is 0 Å². The smallest absolute Gasteiger partial charge is 0.341 e. The number of allylic oxidation sites excluding steroid dienone is 2. The highest BCUT2D eigenvalue weighted by Gasteiger charge is 2.36. The largest absolute Gasteiger partial charge is 0.481 e. The number of hydrogen-bond acceptors (Lipinski definition) is 5. The van der Waals surface area contributed by atoms with E-state index < -0.39 is 23.8 Å². The summed E-state index contributed by atoms with van der Waals surface area (Å²) in [5, 5.41) is 12.9. The molecule has 0 aliphatic heterocycles. The molecule has 2 aliphatic rings. The Bertz CT molecular complexity index is 812. The van der Waals surface area contributed by atoms with Crippen LogP contribution in [0.4, 0.5) is 5.00 Å². The number of fused-ring (bicyclic) bond motifs is 1. The Labute approximate surface area is 175 Å². The first-order valence-electron chi connectivity index (χ1n) is 10.5. The number of ether oxygens (including phenoxy) is 1. The number of carbonyl (C=O) groups is 3. The quantitative estimate of drug-likeness (QED) is 0.504. The zero-order chi connectivity index (χ0) is 21.0. The van der Waals surface area contributed by atoms with Gasteiger partial charge in [0.15, 0.2) is 0 Å². The van der Waals surface area contributed by atoms with Gasteiger partial charge in [-0.25, -0.2) is 4.79 Å². The number of thiophene rings is 1. The van der Waals surface area contributed by atoms with Gasteiger partial charge in [0.25, 0.3) is 0 Å². The standard InChI is InChI=1S/C22H29NO5S/c1-3-11-28-22(27)18-16-10-9-13(4-2)12-17(16)29-20(18)23-19(24)14-7-5-6-8-15(14)21(25)26/h5-6,13-15H,3-4,7-12H2,1-2H3,(H,23,24)(H,25,26)/t13-,14+,15-/m1/s1. The molecule has 0 saturated carbocycles. The summed E-state index contributed by atoms with van der Waals surface area (Å²) in [6, 6.07) is 0. The van der Waals surface area contributed by atoms with Crippen molar-refractivity contribution >= 4 is 34.2 Å². The van der Waals surface area contributed by atoms with E-state index in [4.69, 9.17) is 4.74 Å². The van der Waals surface area contributed by atoms with Gasteiger partial charge in [-0.15, -0.1) is 11.3 Å². The van der Waals surface area contributed by atoms with Crippen molar-refractivity contribution in [1.82, 2.24) is 0 Å². The first-order valence-corrected chi connectivity index (χ1v) is 11.3. The van der Waals surface area contributed by atoms with Crippen molar-refractivity contribution < 1.29 is 24.2 Å². The highest BCUT2D eigenvalue weighted by atomic mass is 32.1. The van der Waals surface area contributed by atoms with Crippen LogP contribution in [0.1, 0.15) is 66.8 Å². The van der Waals surface area contributed by atoms with Crippen molar-refractivity contribution in [2.75, 3.05) is 11.9 Å². The van der Waals surface area contributed by atoms with Gasteiger partial charge in [-0.05, 0) is 50.0 Å². The molecule has 0 aromatic carbocycles. The van der Waals surface area contributed by atoms with E-state index in [1.165, 1.54) is 11.3 Å². The molecule has 158 valence electrons. The van der Waals surface area contributed by atoms with Gasteiger partial charge in [0, 0.05) is 4.88 Å². The minimum absolute atomic E-state index is 0.336. The number of hydrogen-bond donors (Lipinski definition) is 2. The van der Waals surface area contributed by atoms with Gasteiger partial charge in [0.1, 0.15) is 5.00 Å². The maximum Gasteiger partial charge on any atom is 0.341 e.